The number of ketones is 2. The van der Waals surface area contributed by atoms with Crippen LogP contribution < -0.4 is 0 Å². The number of aryl methyl sites for hydroxylation is 1. The summed E-state index contributed by atoms with van der Waals surface area (Å²) in [6.07, 6.45) is 9.48. The highest BCUT2D eigenvalue weighted by atomic mass is 16.4. The second-order valence-electron chi connectivity index (χ2n) is 7.21. The van der Waals surface area contributed by atoms with Crippen LogP contribution in [0.4, 0.5) is 0 Å². The zero-order chi connectivity index (χ0) is 18.9. The van der Waals surface area contributed by atoms with E-state index in [0.717, 1.165) is 37.7 Å². The normalized spacial score (nSPS) is 20.0. The van der Waals surface area contributed by atoms with Crippen molar-refractivity contribution in [1.82, 2.24) is 0 Å². The number of carboxylic acid groups (broad SMARTS) is 1. The number of aliphatic carboxylic acids is 1. The van der Waals surface area contributed by atoms with E-state index in [0.29, 0.717) is 24.2 Å². The monoisotopic (exact) mass is 356 g/mol. The van der Waals surface area contributed by atoms with E-state index in [1.807, 2.05) is 37.3 Å². The molecule has 0 saturated heterocycles. The molecule has 0 aliphatic heterocycles. The van der Waals surface area contributed by atoms with E-state index in [4.69, 9.17) is 5.11 Å². The highest BCUT2D eigenvalue weighted by molar-refractivity contribution is 6.04. The first kappa shape index (κ1) is 20.1. The Kier molecular flexibility index (Phi) is 7.76. The molecule has 1 aromatic rings. The molecule has 1 saturated carbocycles. The van der Waals surface area contributed by atoms with Crippen molar-refractivity contribution >= 4 is 17.5 Å². The largest absolute Gasteiger partial charge is 0.481 e. The number of unbranched alkanes of at least 4 members (excludes halogenated alkanes) is 3. The van der Waals surface area contributed by atoms with Crippen LogP contribution in [0.5, 0.6) is 0 Å². The van der Waals surface area contributed by atoms with Gasteiger partial charge in [-0.1, -0.05) is 55.2 Å². The number of carboxylic acids is 1. The molecule has 140 valence electrons. The van der Waals surface area contributed by atoms with Gasteiger partial charge in [-0.05, 0) is 38.2 Å². The van der Waals surface area contributed by atoms with Crippen molar-refractivity contribution in [2.75, 3.05) is 0 Å². The molecular formula is C22H28O4. The summed E-state index contributed by atoms with van der Waals surface area (Å²) in [5.41, 5.74) is 1.79. The second kappa shape index (κ2) is 10.0. The van der Waals surface area contributed by atoms with E-state index in [-0.39, 0.29) is 24.0 Å². The summed E-state index contributed by atoms with van der Waals surface area (Å²) in [5, 5.41) is 8.63. The Morgan fingerprint density at radius 3 is 2.50 bits per heavy atom. The molecule has 1 N–H and O–H groups in total. The van der Waals surface area contributed by atoms with Gasteiger partial charge in [0, 0.05) is 24.3 Å². The van der Waals surface area contributed by atoms with Crippen LogP contribution >= 0.6 is 0 Å². The summed E-state index contributed by atoms with van der Waals surface area (Å²) in [6.45, 7) is 1.99. The number of hydrogen-bond acceptors (Lipinski definition) is 3. The third kappa shape index (κ3) is 6.25. The van der Waals surface area contributed by atoms with Gasteiger partial charge in [0.05, 0.1) is 0 Å². The Labute approximate surface area is 155 Å². The fraction of sp³-hybridized carbons (Fsp3) is 0.500. The zero-order valence-corrected chi connectivity index (χ0v) is 15.4. The minimum atomic E-state index is -0.751. The Hall–Kier alpha value is -2.23. The molecule has 0 amide bonds. The Morgan fingerprint density at radius 2 is 1.81 bits per heavy atom. The minimum Gasteiger partial charge on any atom is -0.481 e. The first-order chi connectivity index (χ1) is 12.5. The molecule has 1 aromatic carbocycles. The highest BCUT2D eigenvalue weighted by Crippen LogP contribution is 2.34. The van der Waals surface area contributed by atoms with Crippen LogP contribution in [0.3, 0.4) is 0 Å². The zero-order valence-electron chi connectivity index (χ0n) is 15.4. The van der Waals surface area contributed by atoms with Crippen molar-refractivity contribution in [3.05, 3.63) is 47.5 Å². The molecule has 1 aliphatic carbocycles. The van der Waals surface area contributed by atoms with Gasteiger partial charge in [0.1, 0.15) is 5.78 Å². The summed E-state index contributed by atoms with van der Waals surface area (Å²) in [4.78, 5) is 34.9. The summed E-state index contributed by atoms with van der Waals surface area (Å²) < 4.78 is 0. The maximum absolute atomic E-state index is 12.3. The van der Waals surface area contributed by atoms with Gasteiger partial charge in [-0.25, -0.2) is 0 Å². The molecule has 26 heavy (non-hydrogen) atoms. The lowest BCUT2D eigenvalue weighted by atomic mass is 9.89. The van der Waals surface area contributed by atoms with Crippen LogP contribution in [0.2, 0.25) is 0 Å². The summed E-state index contributed by atoms with van der Waals surface area (Å²) in [7, 11) is 0. The third-order valence-electron chi connectivity index (χ3n) is 5.14. The maximum atomic E-state index is 12.3. The second-order valence-corrected chi connectivity index (χ2v) is 7.21. The van der Waals surface area contributed by atoms with E-state index in [1.165, 1.54) is 0 Å². The minimum absolute atomic E-state index is 0.0107. The van der Waals surface area contributed by atoms with Crippen molar-refractivity contribution < 1.29 is 19.5 Å². The topological polar surface area (TPSA) is 71.4 Å². The first-order valence-electron chi connectivity index (χ1n) is 9.51. The quantitative estimate of drug-likeness (QED) is 0.373. The van der Waals surface area contributed by atoms with Crippen molar-refractivity contribution in [1.29, 1.82) is 0 Å². The number of Topliss-reactive ketones (excluding diaryl/α,β-unsaturated/α-hetero) is 1. The Balaban J connectivity index is 1.81. The molecule has 0 spiro atoms. The van der Waals surface area contributed by atoms with Crippen LogP contribution in [0.25, 0.3) is 0 Å². The molecule has 2 atom stereocenters. The van der Waals surface area contributed by atoms with Gasteiger partial charge in [-0.3, -0.25) is 14.4 Å². The number of carbonyl (C=O) groups excluding carboxylic acids is 2. The third-order valence-corrected chi connectivity index (χ3v) is 5.14. The molecule has 0 bridgehead atoms. The fourth-order valence-electron chi connectivity index (χ4n) is 3.56. The fourth-order valence-corrected chi connectivity index (χ4v) is 3.56. The number of allylic oxidation sites excluding steroid dienone is 2. The van der Waals surface area contributed by atoms with Gasteiger partial charge in [-0.15, -0.1) is 0 Å². The predicted molar refractivity (Wildman–Crippen MR) is 101 cm³/mol. The predicted octanol–water partition coefficient (Wildman–Crippen LogP) is 4.75. The molecule has 0 unspecified atom stereocenters. The summed E-state index contributed by atoms with van der Waals surface area (Å²) in [5.74, 6) is -0.309. The molecule has 1 fully saturated rings. The van der Waals surface area contributed by atoms with Crippen molar-refractivity contribution in [3.63, 3.8) is 0 Å². The average Bonchev–Trinajstić information content (AvgIpc) is 2.96. The van der Waals surface area contributed by atoms with Crippen molar-refractivity contribution in [3.8, 4) is 0 Å². The van der Waals surface area contributed by atoms with E-state index in [1.54, 1.807) is 6.08 Å². The van der Waals surface area contributed by atoms with Crippen LogP contribution in [-0.2, 0) is 9.59 Å². The molecule has 1 aliphatic rings. The smallest absolute Gasteiger partial charge is 0.303 e. The van der Waals surface area contributed by atoms with Gasteiger partial charge in [-0.2, -0.15) is 0 Å². The summed E-state index contributed by atoms with van der Waals surface area (Å²) >= 11 is 0. The van der Waals surface area contributed by atoms with Crippen molar-refractivity contribution in [2.24, 2.45) is 11.8 Å². The lowest BCUT2D eigenvalue weighted by Gasteiger charge is -2.14. The van der Waals surface area contributed by atoms with Gasteiger partial charge in [0.25, 0.3) is 0 Å². The van der Waals surface area contributed by atoms with Crippen LogP contribution in [-0.4, -0.2) is 22.6 Å². The Morgan fingerprint density at radius 1 is 1.12 bits per heavy atom. The van der Waals surface area contributed by atoms with Gasteiger partial charge >= 0.3 is 5.97 Å². The number of carbonyl (C=O) groups is 3. The molecular weight excluding hydrogens is 328 g/mol. The number of rotatable bonds is 10. The highest BCUT2D eigenvalue weighted by Gasteiger charge is 2.32. The molecule has 0 heterocycles. The maximum Gasteiger partial charge on any atom is 0.303 e. The molecule has 4 nitrogen and oxygen atoms in total. The SMILES string of the molecule is Cc1ccc(C(=O)C=C[C@H]2CCC(=O)[C@@H]2CCCCCCC(=O)O)cc1. The van der Waals surface area contributed by atoms with E-state index in [9.17, 15) is 14.4 Å². The number of hydrogen-bond donors (Lipinski definition) is 1. The van der Waals surface area contributed by atoms with E-state index in [2.05, 4.69) is 0 Å². The molecule has 0 aromatic heterocycles. The van der Waals surface area contributed by atoms with Crippen molar-refractivity contribution in [2.45, 2.75) is 58.3 Å². The standard InChI is InChI=1S/C22H28O4/c1-16-8-10-18(11-9-16)20(23)14-12-17-13-15-21(24)19(17)6-4-2-3-5-7-22(25)26/h8-12,14,17,19H,2-7,13,15H2,1H3,(H,25,26)/t17-,19+/m0/s1. The van der Waals surface area contributed by atoms with Crippen LogP contribution in [0, 0.1) is 18.8 Å². The molecule has 0 radical (unpaired) electrons. The summed E-state index contributed by atoms with van der Waals surface area (Å²) in [6, 6.07) is 7.51. The Bertz CT molecular complexity index is 657. The van der Waals surface area contributed by atoms with Gasteiger partial charge in [0.15, 0.2) is 5.78 Å². The van der Waals surface area contributed by atoms with Gasteiger partial charge < -0.3 is 5.11 Å². The van der Waals surface area contributed by atoms with Crippen LogP contribution in [0.15, 0.2) is 36.4 Å². The lowest BCUT2D eigenvalue weighted by molar-refractivity contribution is -0.137. The number of benzene rings is 1. The lowest BCUT2D eigenvalue weighted by Crippen LogP contribution is -2.13. The van der Waals surface area contributed by atoms with E-state index >= 15 is 0 Å². The first-order valence-corrected chi connectivity index (χ1v) is 9.51. The van der Waals surface area contributed by atoms with Gasteiger partial charge in [0.2, 0.25) is 0 Å². The van der Waals surface area contributed by atoms with Crippen LogP contribution in [0.1, 0.15) is 67.3 Å². The molecule has 4 heteroatoms. The molecule has 2 rings (SSSR count). The average molecular weight is 356 g/mol. The van der Waals surface area contributed by atoms with E-state index < -0.39 is 5.97 Å².